The third-order valence-corrected chi connectivity index (χ3v) is 5.94. The molecule has 0 unspecified atom stereocenters. The number of rotatable bonds is 7. The van der Waals surface area contributed by atoms with Crippen LogP contribution >= 0.6 is 15.9 Å². The molecule has 30 heavy (non-hydrogen) atoms. The third-order valence-electron chi connectivity index (χ3n) is 3.87. The van der Waals surface area contributed by atoms with E-state index in [-0.39, 0.29) is 0 Å². The number of pyridine rings is 1. The zero-order chi connectivity index (χ0) is 21.7. The van der Waals surface area contributed by atoms with E-state index in [2.05, 4.69) is 31.0 Å². The van der Waals surface area contributed by atoms with E-state index >= 15 is 0 Å². The average Bonchev–Trinajstić information content (AvgIpc) is 2.69. The predicted octanol–water partition coefficient (Wildman–Crippen LogP) is 4.08. The highest BCUT2D eigenvalue weighted by Crippen LogP contribution is 2.23. The number of ether oxygens (including phenoxy) is 1. The average molecular weight is 494 g/mol. The van der Waals surface area contributed by atoms with Crippen LogP contribution in [0.15, 0.2) is 76.2 Å². The van der Waals surface area contributed by atoms with Gasteiger partial charge in [-0.3, -0.25) is 4.79 Å². The van der Waals surface area contributed by atoms with Crippen LogP contribution in [0.1, 0.15) is 6.92 Å². The standard InChI is InChI=1S/C20H17BrFN3O4S/c1-13(25-30(27,28)18-8-3-2-7-17(18)22)20(26)24-15-9-10-19(23-12-15)29-16-6-4-5-14(21)11-16/h2-13,25H,1H3,(H,24,26)/t13-/m0/s1. The summed E-state index contributed by atoms with van der Waals surface area (Å²) in [5.41, 5.74) is 0.346. The van der Waals surface area contributed by atoms with E-state index in [1.165, 1.54) is 25.3 Å². The number of sulfonamides is 1. The first-order chi connectivity index (χ1) is 14.2. The van der Waals surface area contributed by atoms with Gasteiger partial charge in [-0.25, -0.2) is 17.8 Å². The fourth-order valence-electron chi connectivity index (χ4n) is 2.43. The molecule has 10 heteroatoms. The minimum Gasteiger partial charge on any atom is -0.439 e. The number of nitrogens with zero attached hydrogens (tertiary/aromatic N) is 1. The Kier molecular flexibility index (Phi) is 6.80. The van der Waals surface area contributed by atoms with Crippen molar-refractivity contribution in [3.63, 3.8) is 0 Å². The minimum absolute atomic E-state index is 0.319. The lowest BCUT2D eigenvalue weighted by Crippen LogP contribution is -2.41. The number of carbonyl (C=O) groups is 1. The molecule has 0 aliphatic heterocycles. The smallest absolute Gasteiger partial charge is 0.244 e. The fourth-order valence-corrected chi connectivity index (χ4v) is 4.09. The van der Waals surface area contributed by atoms with Gasteiger partial charge in [-0.1, -0.05) is 34.1 Å². The third kappa shape index (κ3) is 5.62. The first-order valence-corrected chi connectivity index (χ1v) is 11.0. The Labute approximate surface area is 181 Å². The van der Waals surface area contributed by atoms with Crippen molar-refractivity contribution in [3.8, 4) is 11.6 Å². The highest BCUT2D eigenvalue weighted by atomic mass is 79.9. The SMILES string of the molecule is C[C@H](NS(=O)(=O)c1ccccc1F)C(=O)Nc1ccc(Oc2cccc(Br)c2)nc1. The van der Waals surface area contributed by atoms with Gasteiger partial charge in [0.1, 0.15) is 16.5 Å². The summed E-state index contributed by atoms with van der Waals surface area (Å²) in [6.07, 6.45) is 1.38. The maximum atomic E-state index is 13.8. The van der Waals surface area contributed by atoms with Gasteiger partial charge in [0.25, 0.3) is 0 Å². The van der Waals surface area contributed by atoms with Crippen LogP contribution in [0, 0.1) is 5.82 Å². The van der Waals surface area contributed by atoms with Crippen molar-refractivity contribution in [2.45, 2.75) is 17.9 Å². The summed E-state index contributed by atoms with van der Waals surface area (Å²) < 4.78 is 47.0. The van der Waals surface area contributed by atoms with Gasteiger partial charge >= 0.3 is 0 Å². The molecular formula is C20H17BrFN3O4S. The molecule has 0 saturated carbocycles. The number of carbonyl (C=O) groups excluding carboxylic acids is 1. The number of amides is 1. The Balaban J connectivity index is 1.62. The zero-order valence-electron chi connectivity index (χ0n) is 15.7. The number of benzene rings is 2. The van der Waals surface area contributed by atoms with Crippen LogP contribution in [0.3, 0.4) is 0 Å². The van der Waals surface area contributed by atoms with Gasteiger partial charge in [0, 0.05) is 10.5 Å². The molecule has 0 spiro atoms. The van der Waals surface area contributed by atoms with E-state index in [4.69, 9.17) is 4.74 Å². The van der Waals surface area contributed by atoms with E-state index in [0.717, 1.165) is 16.6 Å². The molecule has 156 valence electrons. The van der Waals surface area contributed by atoms with Crippen LogP contribution in [-0.4, -0.2) is 25.4 Å². The Morgan fingerprint density at radius 2 is 1.90 bits per heavy atom. The second-order valence-corrected chi connectivity index (χ2v) is 8.81. The van der Waals surface area contributed by atoms with Crippen molar-refractivity contribution in [1.82, 2.24) is 9.71 Å². The van der Waals surface area contributed by atoms with Crippen molar-refractivity contribution in [3.05, 3.63) is 77.2 Å². The molecule has 0 fully saturated rings. The predicted molar refractivity (Wildman–Crippen MR) is 113 cm³/mol. The van der Waals surface area contributed by atoms with Crippen LogP contribution in [-0.2, 0) is 14.8 Å². The van der Waals surface area contributed by atoms with Crippen LogP contribution in [0.25, 0.3) is 0 Å². The molecule has 0 radical (unpaired) electrons. The van der Waals surface area contributed by atoms with Crippen molar-refractivity contribution < 1.29 is 22.3 Å². The highest BCUT2D eigenvalue weighted by Gasteiger charge is 2.24. The number of halogens is 2. The lowest BCUT2D eigenvalue weighted by Gasteiger charge is -2.15. The van der Waals surface area contributed by atoms with Gasteiger partial charge < -0.3 is 10.1 Å². The van der Waals surface area contributed by atoms with E-state index in [0.29, 0.717) is 17.3 Å². The maximum absolute atomic E-state index is 13.8. The quantitative estimate of drug-likeness (QED) is 0.516. The van der Waals surface area contributed by atoms with Crippen molar-refractivity contribution in [2.75, 3.05) is 5.32 Å². The van der Waals surface area contributed by atoms with Crippen molar-refractivity contribution in [2.24, 2.45) is 0 Å². The van der Waals surface area contributed by atoms with Gasteiger partial charge in [-0.05, 0) is 43.3 Å². The number of hydrogen-bond acceptors (Lipinski definition) is 5. The van der Waals surface area contributed by atoms with Gasteiger partial charge in [0.15, 0.2) is 0 Å². The number of anilines is 1. The van der Waals surface area contributed by atoms with E-state index in [9.17, 15) is 17.6 Å². The molecule has 0 bridgehead atoms. The normalized spacial score (nSPS) is 12.2. The van der Waals surface area contributed by atoms with E-state index in [1.807, 2.05) is 12.1 Å². The molecule has 0 saturated heterocycles. The molecule has 2 N–H and O–H groups in total. The molecule has 3 aromatic rings. The number of aromatic nitrogens is 1. The molecular weight excluding hydrogens is 477 g/mol. The fraction of sp³-hybridized carbons (Fsp3) is 0.100. The van der Waals surface area contributed by atoms with Gasteiger partial charge in [0.05, 0.1) is 17.9 Å². The van der Waals surface area contributed by atoms with Crippen molar-refractivity contribution >= 4 is 37.5 Å². The van der Waals surface area contributed by atoms with E-state index < -0.39 is 32.7 Å². The molecule has 7 nitrogen and oxygen atoms in total. The van der Waals surface area contributed by atoms with Crippen LogP contribution < -0.4 is 14.8 Å². The summed E-state index contributed by atoms with van der Waals surface area (Å²) in [6.45, 7) is 1.35. The second-order valence-electron chi connectivity index (χ2n) is 6.21. The summed E-state index contributed by atoms with van der Waals surface area (Å²) in [6, 6.07) is 14.1. The second kappa shape index (κ2) is 9.33. The molecule has 1 heterocycles. The molecule has 2 aromatic carbocycles. The summed E-state index contributed by atoms with van der Waals surface area (Å²) in [7, 11) is -4.20. The van der Waals surface area contributed by atoms with Crippen LogP contribution in [0.5, 0.6) is 11.6 Å². The van der Waals surface area contributed by atoms with Crippen molar-refractivity contribution in [1.29, 1.82) is 0 Å². The summed E-state index contributed by atoms with van der Waals surface area (Å²) in [5.74, 6) is -0.621. The summed E-state index contributed by atoms with van der Waals surface area (Å²) in [4.78, 5) is 15.9. The summed E-state index contributed by atoms with van der Waals surface area (Å²) >= 11 is 3.35. The zero-order valence-corrected chi connectivity index (χ0v) is 18.1. The number of nitrogens with one attached hydrogen (secondary N) is 2. The maximum Gasteiger partial charge on any atom is 0.244 e. The largest absolute Gasteiger partial charge is 0.439 e. The lowest BCUT2D eigenvalue weighted by atomic mass is 10.3. The lowest BCUT2D eigenvalue weighted by molar-refractivity contribution is -0.117. The van der Waals surface area contributed by atoms with Gasteiger partial charge in [-0.2, -0.15) is 4.72 Å². The molecule has 1 aromatic heterocycles. The number of hydrogen-bond donors (Lipinski definition) is 2. The van der Waals surface area contributed by atoms with Gasteiger partial charge in [-0.15, -0.1) is 0 Å². The monoisotopic (exact) mass is 493 g/mol. The topological polar surface area (TPSA) is 97.4 Å². The molecule has 1 atom stereocenters. The molecule has 1 amide bonds. The Morgan fingerprint density at radius 1 is 1.13 bits per heavy atom. The Bertz CT molecular complexity index is 1160. The molecule has 0 aliphatic rings. The molecule has 0 aliphatic carbocycles. The minimum atomic E-state index is -4.20. The van der Waals surface area contributed by atoms with Crippen LogP contribution in [0.4, 0.5) is 10.1 Å². The highest BCUT2D eigenvalue weighted by molar-refractivity contribution is 9.10. The van der Waals surface area contributed by atoms with E-state index in [1.54, 1.807) is 24.3 Å². The summed E-state index contributed by atoms with van der Waals surface area (Å²) in [5, 5.41) is 2.55. The Morgan fingerprint density at radius 3 is 2.57 bits per heavy atom. The van der Waals surface area contributed by atoms with Gasteiger partial charge in [0.2, 0.25) is 21.8 Å². The Hall–Kier alpha value is -2.82. The van der Waals surface area contributed by atoms with Crippen LogP contribution in [0.2, 0.25) is 0 Å². The first-order valence-electron chi connectivity index (χ1n) is 8.72. The molecule has 3 rings (SSSR count). The first kappa shape index (κ1) is 21.9.